The first-order chi connectivity index (χ1) is 6.22. The van der Waals surface area contributed by atoms with E-state index in [0.717, 1.165) is 0 Å². The summed E-state index contributed by atoms with van der Waals surface area (Å²) in [6.07, 6.45) is 5.37. The van der Waals surface area contributed by atoms with Crippen molar-refractivity contribution < 1.29 is 4.92 Å². The minimum atomic E-state index is -0.447. The van der Waals surface area contributed by atoms with Crippen molar-refractivity contribution in [2.45, 2.75) is 12.0 Å². The zero-order valence-corrected chi connectivity index (χ0v) is 6.80. The molecule has 0 amide bonds. The van der Waals surface area contributed by atoms with E-state index < -0.39 is 5.54 Å². The van der Waals surface area contributed by atoms with E-state index in [2.05, 4.69) is 15.8 Å². The van der Waals surface area contributed by atoms with Crippen molar-refractivity contribution in [3.05, 3.63) is 34.0 Å². The normalized spacial score (nSPS) is 30.3. The number of nitro groups is 1. The first-order valence-electron chi connectivity index (χ1n) is 3.88. The molecule has 1 heterocycles. The van der Waals surface area contributed by atoms with Gasteiger partial charge in [0.2, 0.25) is 5.70 Å². The van der Waals surface area contributed by atoms with Crippen LogP contribution in [0.25, 0.3) is 0 Å². The van der Waals surface area contributed by atoms with Gasteiger partial charge in [-0.25, -0.2) is 0 Å². The molecular weight excluding hydrogens is 172 g/mol. The van der Waals surface area contributed by atoms with Gasteiger partial charge in [0.05, 0.1) is 17.9 Å². The Kier molecular flexibility index (Phi) is 1.61. The van der Waals surface area contributed by atoms with Crippen LogP contribution in [-0.2, 0) is 0 Å². The van der Waals surface area contributed by atoms with Crippen molar-refractivity contribution in [2.75, 3.05) is 6.54 Å². The zero-order chi connectivity index (χ0) is 9.31. The van der Waals surface area contributed by atoms with Gasteiger partial charge < -0.3 is 0 Å². The highest BCUT2D eigenvalue weighted by atomic mass is 16.6. The minimum Gasteiger partial charge on any atom is -0.279 e. The Balaban J connectivity index is 2.19. The second-order valence-corrected chi connectivity index (χ2v) is 3.12. The fourth-order valence-electron chi connectivity index (χ4n) is 1.43. The minimum absolute atomic E-state index is 0.197. The molecule has 2 rings (SSSR count). The second kappa shape index (κ2) is 2.65. The standard InChI is InChI=1S/C7H8N4O2/c12-11(13)6-2-1-3-7(4-6)5-8-10-9-7/h1-3H,4-5H2,(H,8,9). The lowest BCUT2D eigenvalue weighted by atomic mass is 9.90. The third-order valence-corrected chi connectivity index (χ3v) is 2.13. The molecule has 1 N–H and O–H groups in total. The molecule has 1 aliphatic heterocycles. The van der Waals surface area contributed by atoms with Crippen LogP contribution in [0.2, 0.25) is 0 Å². The van der Waals surface area contributed by atoms with Crippen LogP contribution in [0.1, 0.15) is 6.42 Å². The molecule has 6 nitrogen and oxygen atoms in total. The largest absolute Gasteiger partial charge is 0.279 e. The third-order valence-electron chi connectivity index (χ3n) is 2.13. The molecule has 2 aliphatic rings. The van der Waals surface area contributed by atoms with Crippen molar-refractivity contribution in [1.29, 1.82) is 0 Å². The number of hydrogen-bond donors (Lipinski definition) is 1. The molecule has 0 bridgehead atoms. The maximum absolute atomic E-state index is 10.5. The van der Waals surface area contributed by atoms with Crippen LogP contribution in [0.4, 0.5) is 0 Å². The van der Waals surface area contributed by atoms with Gasteiger partial charge in [-0.3, -0.25) is 15.5 Å². The van der Waals surface area contributed by atoms with E-state index in [0.29, 0.717) is 13.0 Å². The molecule has 0 aromatic carbocycles. The molecule has 0 fully saturated rings. The molecule has 1 aliphatic carbocycles. The fourth-order valence-corrected chi connectivity index (χ4v) is 1.43. The Morgan fingerprint density at radius 2 is 2.54 bits per heavy atom. The summed E-state index contributed by atoms with van der Waals surface area (Å²) in [5, 5.41) is 17.9. The fraction of sp³-hybridized carbons (Fsp3) is 0.429. The SMILES string of the molecule is O=[N+]([O-])C1=CC=CC2(CN=NN2)C1. The Labute approximate surface area is 74.2 Å². The summed E-state index contributed by atoms with van der Waals surface area (Å²) in [5.74, 6) is 0. The van der Waals surface area contributed by atoms with Crippen LogP contribution in [0.3, 0.4) is 0 Å². The third kappa shape index (κ3) is 1.30. The van der Waals surface area contributed by atoms with Gasteiger partial charge in [0, 0.05) is 6.08 Å². The van der Waals surface area contributed by atoms with Gasteiger partial charge in [-0.15, -0.1) is 0 Å². The molecule has 13 heavy (non-hydrogen) atoms. The summed E-state index contributed by atoms with van der Waals surface area (Å²) >= 11 is 0. The lowest BCUT2D eigenvalue weighted by molar-refractivity contribution is -0.429. The van der Waals surface area contributed by atoms with Gasteiger partial charge in [-0.2, -0.15) is 5.11 Å². The van der Waals surface area contributed by atoms with Crippen molar-refractivity contribution in [2.24, 2.45) is 10.3 Å². The summed E-state index contributed by atoms with van der Waals surface area (Å²) in [5.41, 5.74) is 2.53. The maximum atomic E-state index is 10.5. The Morgan fingerprint density at radius 3 is 3.15 bits per heavy atom. The number of allylic oxidation sites excluding steroid dienone is 2. The van der Waals surface area contributed by atoms with Crippen LogP contribution >= 0.6 is 0 Å². The zero-order valence-electron chi connectivity index (χ0n) is 6.80. The summed E-state index contributed by atoms with van der Waals surface area (Å²) < 4.78 is 0. The van der Waals surface area contributed by atoms with Crippen LogP contribution in [0.15, 0.2) is 34.3 Å². The first kappa shape index (κ1) is 7.90. The van der Waals surface area contributed by atoms with Gasteiger partial charge in [0.25, 0.3) is 0 Å². The Morgan fingerprint density at radius 1 is 1.69 bits per heavy atom. The summed E-state index contributed by atoms with van der Waals surface area (Å²) in [6.45, 7) is 0.467. The van der Waals surface area contributed by atoms with E-state index in [9.17, 15) is 10.1 Å². The highest BCUT2D eigenvalue weighted by Crippen LogP contribution is 2.26. The van der Waals surface area contributed by atoms with Crippen LogP contribution in [-0.4, -0.2) is 17.0 Å². The van der Waals surface area contributed by atoms with E-state index in [1.807, 2.05) is 6.08 Å². The monoisotopic (exact) mass is 180 g/mol. The molecule has 0 saturated carbocycles. The van der Waals surface area contributed by atoms with Gasteiger partial charge in [-0.05, 0) is 0 Å². The Hall–Kier alpha value is -1.72. The lowest BCUT2D eigenvalue weighted by Gasteiger charge is -2.23. The molecular formula is C7H8N4O2. The highest BCUT2D eigenvalue weighted by molar-refractivity contribution is 5.25. The first-order valence-corrected chi connectivity index (χ1v) is 3.88. The summed E-state index contributed by atoms with van der Waals surface area (Å²) in [6, 6.07) is 0. The smallest absolute Gasteiger partial charge is 0.249 e. The average molecular weight is 180 g/mol. The predicted octanol–water partition coefficient (Wildman–Crippen LogP) is 0.816. The second-order valence-electron chi connectivity index (χ2n) is 3.12. The van der Waals surface area contributed by atoms with Crippen LogP contribution in [0, 0.1) is 10.1 Å². The lowest BCUT2D eigenvalue weighted by Crippen LogP contribution is -2.41. The van der Waals surface area contributed by atoms with Crippen molar-refractivity contribution in [3.8, 4) is 0 Å². The Bertz CT molecular complexity index is 323. The molecule has 0 radical (unpaired) electrons. The number of nitrogens with one attached hydrogen (secondary N) is 1. The molecule has 6 heteroatoms. The quantitative estimate of drug-likeness (QED) is 0.479. The average Bonchev–Trinajstić information content (AvgIpc) is 2.53. The van der Waals surface area contributed by atoms with Gasteiger partial charge in [0.15, 0.2) is 0 Å². The predicted molar refractivity (Wildman–Crippen MR) is 44.4 cm³/mol. The molecule has 68 valence electrons. The topological polar surface area (TPSA) is 79.9 Å². The molecule has 1 unspecified atom stereocenters. The number of nitrogens with zero attached hydrogens (tertiary/aromatic N) is 3. The maximum Gasteiger partial charge on any atom is 0.249 e. The van der Waals surface area contributed by atoms with Gasteiger partial charge in [-0.1, -0.05) is 17.4 Å². The molecule has 0 aromatic rings. The molecule has 0 saturated heterocycles. The molecule has 0 aromatic heterocycles. The van der Waals surface area contributed by atoms with Crippen LogP contribution < -0.4 is 5.43 Å². The molecule has 1 atom stereocenters. The summed E-state index contributed by atoms with van der Waals surface area (Å²) in [7, 11) is 0. The number of rotatable bonds is 1. The summed E-state index contributed by atoms with van der Waals surface area (Å²) in [4.78, 5) is 10.1. The molecule has 1 spiro atoms. The highest BCUT2D eigenvalue weighted by Gasteiger charge is 2.36. The van der Waals surface area contributed by atoms with Crippen molar-refractivity contribution in [1.82, 2.24) is 5.43 Å². The van der Waals surface area contributed by atoms with E-state index in [4.69, 9.17) is 0 Å². The van der Waals surface area contributed by atoms with E-state index >= 15 is 0 Å². The van der Waals surface area contributed by atoms with E-state index in [1.54, 1.807) is 6.08 Å². The van der Waals surface area contributed by atoms with Gasteiger partial charge >= 0.3 is 0 Å². The van der Waals surface area contributed by atoms with Crippen molar-refractivity contribution >= 4 is 0 Å². The number of hydrogen-bond acceptors (Lipinski definition) is 5. The van der Waals surface area contributed by atoms with E-state index in [-0.39, 0.29) is 10.6 Å². The van der Waals surface area contributed by atoms with Crippen LogP contribution in [0.5, 0.6) is 0 Å². The van der Waals surface area contributed by atoms with Crippen molar-refractivity contribution in [3.63, 3.8) is 0 Å². The van der Waals surface area contributed by atoms with E-state index in [1.165, 1.54) is 6.08 Å². The van der Waals surface area contributed by atoms with Gasteiger partial charge in [0.1, 0.15) is 5.54 Å².